The third kappa shape index (κ3) is 4.79. The van der Waals surface area contributed by atoms with Crippen molar-refractivity contribution in [2.24, 2.45) is 0 Å². The minimum Gasteiger partial charge on any atom is -0.497 e. The lowest BCUT2D eigenvalue weighted by Gasteiger charge is -2.18. The summed E-state index contributed by atoms with van der Waals surface area (Å²) in [7, 11) is 1.63. The van der Waals surface area contributed by atoms with Gasteiger partial charge in [0.25, 0.3) is 0 Å². The number of nitrogens with one attached hydrogen (secondary N) is 2. The molecule has 0 atom stereocenters. The summed E-state index contributed by atoms with van der Waals surface area (Å²) in [6.07, 6.45) is 0.729. The van der Waals surface area contributed by atoms with Crippen molar-refractivity contribution in [3.63, 3.8) is 0 Å². The molecule has 1 aliphatic rings. The van der Waals surface area contributed by atoms with E-state index >= 15 is 0 Å². The molecule has 25 heavy (non-hydrogen) atoms. The van der Waals surface area contributed by atoms with Crippen LogP contribution in [0.15, 0.2) is 42.5 Å². The predicted octanol–water partition coefficient (Wildman–Crippen LogP) is 2.51. The molecule has 0 aliphatic carbocycles. The summed E-state index contributed by atoms with van der Waals surface area (Å²) in [5.74, 6) is 2.35. The van der Waals surface area contributed by atoms with Gasteiger partial charge in [-0.05, 0) is 41.8 Å². The van der Waals surface area contributed by atoms with E-state index in [0.29, 0.717) is 26.3 Å². The Balaban J connectivity index is 1.40. The van der Waals surface area contributed by atoms with Crippen molar-refractivity contribution < 1.29 is 19.0 Å². The van der Waals surface area contributed by atoms with Gasteiger partial charge >= 0.3 is 6.03 Å². The van der Waals surface area contributed by atoms with Crippen LogP contribution in [0.3, 0.4) is 0 Å². The normalized spacial score (nSPS) is 12.4. The molecule has 0 radical (unpaired) electrons. The molecule has 0 fully saturated rings. The van der Waals surface area contributed by atoms with Crippen LogP contribution >= 0.6 is 0 Å². The van der Waals surface area contributed by atoms with Crippen LogP contribution in [0.25, 0.3) is 0 Å². The van der Waals surface area contributed by atoms with Gasteiger partial charge in [0.15, 0.2) is 11.5 Å². The molecule has 2 amide bonds. The summed E-state index contributed by atoms with van der Waals surface area (Å²) in [5, 5.41) is 5.69. The van der Waals surface area contributed by atoms with Gasteiger partial charge in [-0.25, -0.2) is 4.79 Å². The zero-order valence-corrected chi connectivity index (χ0v) is 14.2. The molecule has 0 saturated carbocycles. The van der Waals surface area contributed by atoms with Crippen LogP contribution in [0.4, 0.5) is 4.79 Å². The number of urea groups is 1. The van der Waals surface area contributed by atoms with Crippen molar-refractivity contribution in [1.29, 1.82) is 0 Å². The number of fused-ring (bicyclic) bond motifs is 1. The van der Waals surface area contributed by atoms with Gasteiger partial charge in [0, 0.05) is 13.1 Å². The summed E-state index contributed by atoms with van der Waals surface area (Å²) in [4.78, 5) is 11.9. The molecule has 6 nitrogen and oxygen atoms in total. The van der Waals surface area contributed by atoms with Crippen LogP contribution in [0.2, 0.25) is 0 Å². The standard InChI is InChI=1S/C19H22N2O4/c1-23-16-5-2-15(3-6-16)13-21-19(22)20-9-8-14-4-7-17-18(12-14)25-11-10-24-17/h2-7,12H,8-11,13H2,1H3,(H2,20,21,22). The Hall–Kier alpha value is -2.89. The highest BCUT2D eigenvalue weighted by Crippen LogP contribution is 2.30. The third-order valence-electron chi connectivity index (χ3n) is 3.92. The molecule has 0 saturated heterocycles. The van der Waals surface area contributed by atoms with E-state index in [1.807, 2.05) is 42.5 Å². The quantitative estimate of drug-likeness (QED) is 0.846. The number of methoxy groups -OCH3 is 1. The van der Waals surface area contributed by atoms with E-state index in [1.54, 1.807) is 7.11 Å². The van der Waals surface area contributed by atoms with Gasteiger partial charge in [0.05, 0.1) is 7.11 Å². The number of amides is 2. The van der Waals surface area contributed by atoms with Crippen LogP contribution in [-0.4, -0.2) is 32.9 Å². The first-order chi connectivity index (χ1) is 12.2. The summed E-state index contributed by atoms with van der Waals surface area (Å²) < 4.78 is 16.2. The fourth-order valence-electron chi connectivity index (χ4n) is 2.55. The van der Waals surface area contributed by atoms with Gasteiger partial charge in [-0.15, -0.1) is 0 Å². The molecule has 1 heterocycles. The molecule has 0 unspecified atom stereocenters. The fourth-order valence-corrected chi connectivity index (χ4v) is 2.55. The highest BCUT2D eigenvalue weighted by atomic mass is 16.6. The number of carbonyl (C=O) groups excluding carboxylic acids is 1. The molecule has 2 aromatic carbocycles. The second kappa shape index (κ2) is 8.28. The number of hydrogen-bond donors (Lipinski definition) is 2. The zero-order chi connectivity index (χ0) is 17.5. The van der Waals surface area contributed by atoms with Crippen molar-refractivity contribution in [3.05, 3.63) is 53.6 Å². The lowest BCUT2D eigenvalue weighted by Crippen LogP contribution is -2.36. The maximum atomic E-state index is 11.9. The molecular formula is C19H22N2O4. The second-order valence-corrected chi connectivity index (χ2v) is 5.69. The summed E-state index contributed by atoms with van der Waals surface area (Å²) in [6.45, 7) is 2.18. The van der Waals surface area contributed by atoms with Gasteiger partial charge in [0.2, 0.25) is 0 Å². The van der Waals surface area contributed by atoms with Crippen LogP contribution in [0.1, 0.15) is 11.1 Å². The van der Waals surface area contributed by atoms with Crippen molar-refractivity contribution in [3.8, 4) is 17.2 Å². The minimum absolute atomic E-state index is 0.187. The Kier molecular flexibility index (Phi) is 5.61. The molecule has 2 aromatic rings. The Morgan fingerprint density at radius 2 is 1.72 bits per heavy atom. The number of rotatable bonds is 6. The number of ether oxygens (including phenoxy) is 3. The summed E-state index contributed by atoms with van der Waals surface area (Å²) in [5.41, 5.74) is 2.11. The zero-order valence-electron chi connectivity index (χ0n) is 14.2. The van der Waals surface area contributed by atoms with Gasteiger partial charge < -0.3 is 24.8 Å². The number of benzene rings is 2. The topological polar surface area (TPSA) is 68.8 Å². The molecule has 0 spiro atoms. The first kappa shape index (κ1) is 17.0. The first-order valence-corrected chi connectivity index (χ1v) is 8.28. The van der Waals surface area contributed by atoms with Gasteiger partial charge in [-0.2, -0.15) is 0 Å². The van der Waals surface area contributed by atoms with Crippen molar-refractivity contribution in [2.45, 2.75) is 13.0 Å². The highest BCUT2D eigenvalue weighted by molar-refractivity contribution is 5.73. The predicted molar refractivity (Wildman–Crippen MR) is 94.4 cm³/mol. The maximum Gasteiger partial charge on any atom is 0.315 e. The summed E-state index contributed by atoms with van der Waals surface area (Å²) in [6, 6.07) is 13.3. The van der Waals surface area contributed by atoms with Gasteiger partial charge in [-0.3, -0.25) is 0 Å². The average Bonchev–Trinajstić information content (AvgIpc) is 2.66. The smallest absolute Gasteiger partial charge is 0.315 e. The third-order valence-corrected chi connectivity index (χ3v) is 3.92. The van der Waals surface area contributed by atoms with E-state index in [2.05, 4.69) is 10.6 Å². The Bertz CT molecular complexity index is 716. The van der Waals surface area contributed by atoms with Crippen LogP contribution < -0.4 is 24.8 Å². The maximum absolute atomic E-state index is 11.9. The van der Waals surface area contributed by atoms with E-state index in [1.165, 1.54) is 0 Å². The number of hydrogen-bond acceptors (Lipinski definition) is 4. The largest absolute Gasteiger partial charge is 0.497 e. The SMILES string of the molecule is COc1ccc(CNC(=O)NCCc2ccc3c(c2)OCCO3)cc1. The molecule has 132 valence electrons. The van der Waals surface area contributed by atoms with Crippen molar-refractivity contribution >= 4 is 6.03 Å². The Labute approximate surface area is 147 Å². The van der Waals surface area contributed by atoms with Crippen LogP contribution in [0, 0.1) is 0 Å². The van der Waals surface area contributed by atoms with Crippen molar-refractivity contribution in [1.82, 2.24) is 10.6 Å². The van der Waals surface area contributed by atoms with Gasteiger partial charge in [0.1, 0.15) is 19.0 Å². The molecule has 0 bridgehead atoms. The summed E-state index contributed by atoms with van der Waals surface area (Å²) >= 11 is 0. The Morgan fingerprint density at radius 3 is 2.48 bits per heavy atom. The monoisotopic (exact) mass is 342 g/mol. The molecular weight excluding hydrogens is 320 g/mol. The second-order valence-electron chi connectivity index (χ2n) is 5.69. The first-order valence-electron chi connectivity index (χ1n) is 8.28. The minimum atomic E-state index is -0.187. The van der Waals surface area contributed by atoms with E-state index in [-0.39, 0.29) is 6.03 Å². The van der Waals surface area contributed by atoms with Crippen molar-refractivity contribution in [2.75, 3.05) is 26.9 Å². The van der Waals surface area contributed by atoms with E-state index in [4.69, 9.17) is 14.2 Å². The van der Waals surface area contributed by atoms with E-state index in [9.17, 15) is 4.79 Å². The van der Waals surface area contributed by atoms with E-state index < -0.39 is 0 Å². The number of carbonyl (C=O) groups is 1. The Morgan fingerprint density at radius 1 is 1.00 bits per heavy atom. The highest BCUT2D eigenvalue weighted by Gasteiger charge is 2.11. The van der Waals surface area contributed by atoms with Gasteiger partial charge in [-0.1, -0.05) is 18.2 Å². The van der Waals surface area contributed by atoms with Crippen LogP contribution in [-0.2, 0) is 13.0 Å². The lowest BCUT2D eigenvalue weighted by molar-refractivity contribution is 0.171. The molecule has 2 N–H and O–H groups in total. The molecule has 0 aromatic heterocycles. The average molecular weight is 342 g/mol. The fraction of sp³-hybridized carbons (Fsp3) is 0.316. The van der Waals surface area contributed by atoms with E-state index in [0.717, 1.165) is 34.8 Å². The van der Waals surface area contributed by atoms with Crippen LogP contribution in [0.5, 0.6) is 17.2 Å². The molecule has 3 rings (SSSR count). The molecule has 6 heteroatoms. The molecule has 1 aliphatic heterocycles. The lowest BCUT2D eigenvalue weighted by atomic mass is 10.1.